The molecule has 0 spiro atoms. The average molecular weight is 366 g/mol. The molecular formula is C15H12BrNO3S. The van der Waals surface area contributed by atoms with E-state index in [0.717, 1.165) is 4.47 Å². The van der Waals surface area contributed by atoms with E-state index in [0.29, 0.717) is 16.1 Å². The van der Waals surface area contributed by atoms with E-state index in [-0.39, 0.29) is 12.2 Å². The number of hydrogen-bond acceptors (Lipinski definition) is 4. The average Bonchev–Trinajstić information content (AvgIpc) is 3.04. The van der Waals surface area contributed by atoms with Crippen molar-refractivity contribution >= 4 is 44.6 Å². The maximum atomic E-state index is 12.4. The third-order valence-corrected chi connectivity index (χ3v) is 5.04. The molecule has 21 heavy (non-hydrogen) atoms. The van der Waals surface area contributed by atoms with Crippen LogP contribution in [0.15, 0.2) is 40.2 Å². The molecule has 1 aliphatic rings. The number of anilines is 1. The van der Waals surface area contributed by atoms with E-state index in [1.807, 2.05) is 0 Å². The first kappa shape index (κ1) is 14.4. The molecule has 4 nitrogen and oxygen atoms in total. The molecule has 6 heteroatoms. The summed E-state index contributed by atoms with van der Waals surface area (Å²) in [5.74, 6) is -0.706. The number of hydrogen-bond donors (Lipinski definition) is 1. The van der Waals surface area contributed by atoms with Crippen LogP contribution in [0.25, 0.3) is 0 Å². The number of carbonyl (C=O) groups is 2. The van der Waals surface area contributed by atoms with Crippen molar-refractivity contribution < 1.29 is 14.7 Å². The van der Waals surface area contributed by atoms with Crippen LogP contribution in [-0.2, 0) is 10.4 Å². The second-order valence-electron chi connectivity index (χ2n) is 4.96. The zero-order valence-corrected chi connectivity index (χ0v) is 13.6. The van der Waals surface area contributed by atoms with Crippen LogP contribution in [0.1, 0.15) is 21.7 Å². The van der Waals surface area contributed by atoms with E-state index < -0.39 is 11.5 Å². The standard InChI is InChI=1S/C15H12BrNO3S/c1-17-11-5-4-9(16)7-10(11)15(20,14(17)19)8-12(18)13-3-2-6-21-13/h2-7,20H,8H2,1H3. The molecule has 1 atom stereocenters. The van der Waals surface area contributed by atoms with Crippen molar-refractivity contribution in [3.8, 4) is 0 Å². The van der Waals surface area contributed by atoms with Gasteiger partial charge in [0.15, 0.2) is 11.4 Å². The minimum Gasteiger partial charge on any atom is -0.375 e. The highest BCUT2D eigenvalue weighted by molar-refractivity contribution is 9.10. The fourth-order valence-corrected chi connectivity index (χ4v) is 3.59. The van der Waals surface area contributed by atoms with Crippen molar-refractivity contribution in [3.63, 3.8) is 0 Å². The van der Waals surface area contributed by atoms with Gasteiger partial charge in [-0.25, -0.2) is 0 Å². The summed E-state index contributed by atoms with van der Waals surface area (Å²) in [6.45, 7) is 0. The summed E-state index contributed by atoms with van der Waals surface area (Å²) in [5.41, 5.74) is -0.700. The highest BCUT2D eigenvalue weighted by atomic mass is 79.9. The van der Waals surface area contributed by atoms with Crippen molar-refractivity contribution in [2.75, 3.05) is 11.9 Å². The molecule has 1 unspecified atom stereocenters. The topological polar surface area (TPSA) is 57.6 Å². The Balaban J connectivity index is 2.03. The molecule has 3 rings (SSSR count). The van der Waals surface area contributed by atoms with Crippen LogP contribution in [0.2, 0.25) is 0 Å². The van der Waals surface area contributed by atoms with Crippen molar-refractivity contribution in [1.82, 2.24) is 0 Å². The molecule has 0 saturated carbocycles. The molecule has 1 amide bonds. The number of fused-ring (bicyclic) bond motifs is 1. The molecule has 0 radical (unpaired) electrons. The Morgan fingerprint density at radius 3 is 2.86 bits per heavy atom. The normalized spacial score (nSPS) is 20.7. The Bertz CT molecular complexity index is 729. The molecule has 1 aromatic carbocycles. The number of aliphatic hydroxyl groups is 1. The quantitative estimate of drug-likeness (QED) is 0.850. The summed E-state index contributed by atoms with van der Waals surface area (Å²) in [6, 6.07) is 8.72. The molecule has 0 fully saturated rings. The number of rotatable bonds is 3. The maximum Gasteiger partial charge on any atom is 0.263 e. The zero-order chi connectivity index (χ0) is 15.2. The molecule has 1 aliphatic heterocycles. The van der Waals surface area contributed by atoms with Crippen LogP contribution >= 0.6 is 27.3 Å². The smallest absolute Gasteiger partial charge is 0.263 e. The van der Waals surface area contributed by atoms with E-state index in [9.17, 15) is 14.7 Å². The minimum atomic E-state index is -1.80. The van der Waals surface area contributed by atoms with Gasteiger partial charge in [0.25, 0.3) is 5.91 Å². The lowest BCUT2D eigenvalue weighted by atomic mass is 9.89. The Labute approximate surface area is 134 Å². The van der Waals surface area contributed by atoms with E-state index in [2.05, 4.69) is 15.9 Å². The van der Waals surface area contributed by atoms with Gasteiger partial charge in [-0.05, 0) is 29.6 Å². The number of halogens is 1. The van der Waals surface area contributed by atoms with Crippen LogP contribution < -0.4 is 4.90 Å². The van der Waals surface area contributed by atoms with Crippen LogP contribution in [0.3, 0.4) is 0 Å². The Morgan fingerprint density at radius 1 is 1.43 bits per heavy atom. The summed E-state index contributed by atoms with van der Waals surface area (Å²) in [6.07, 6.45) is -0.250. The van der Waals surface area contributed by atoms with Crippen LogP contribution in [0.5, 0.6) is 0 Å². The Hall–Kier alpha value is -1.50. The lowest BCUT2D eigenvalue weighted by Gasteiger charge is -2.20. The summed E-state index contributed by atoms with van der Waals surface area (Å²) in [7, 11) is 1.60. The number of carbonyl (C=O) groups excluding carboxylic acids is 2. The van der Waals surface area contributed by atoms with E-state index in [1.165, 1.54) is 16.2 Å². The number of likely N-dealkylation sites (N-methyl/N-ethyl adjacent to an activating group) is 1. The fraction of sp³-hybridized carbons (Fsp3) is 0.200. The number of thiophene rings is 1. The number of Topliss-reactive ketones (excluding diaryl/α,β-unsaturated/α-hetero) is 1. The predicted octanol–water partition coefficient (Wildman–Crippen LogP) is 2.95. The van der Waals surface area contributed by atoms with Gasteiger partial charge in [-0.1, -0.05) is 22.0 Å². The largest absolute Gasteiger partial charge is 0.375 e. The summed E-state index contributed by atoms with van der Waals surface area (Å²) >= 11 is 4.64. The van der Waals surface area contributed by atoms with Crippen LogP contribution in [0, 0.1) is 0 Å². The lowest BCUT2D eigenvalue weighted by Crippen LogP contribution is -2.40. The SMILES string of the molecule is CN1C(=O)C(O)(CC(=O)c2cccs2)c2cc(Br)ccc21. The first-order chi connectivity index (χ1) is 9.93. The Kier molecular flexibility index (Phi) is 3.47. The van der Waals surface area contributed by atoms with Crippen molar-refractivity contribution in [3.05, 3.63) is 50.6 Å². The third-order valence-electron chi connectivity index (χ3n) is 3.64. The number of nitrogens with zero attached hydrogens (tertiary/aromatic N) is 1. The maximum absolute atomic E-state index is 12.4. The summed E-state index contributed by atoms with van der Waals surface area (Å²) in [5, 5.41) is 12.6. The predicted molar refractivity (Wildman–Crippen MR) is 84.7 cm³/mol. The van der Waals surface area contributed by atoms with Crippen molar-refractivity contribution in [1.29, 1.82) is 0 Å². The monoisotopic (exact) mass is 365 g/mol. The van der Waals surface area contributed by atoms with Crippen molar-refractivity contribution in [2.45, 2.75) is 12.0 Å². The second-order valence-corrected chi connectivity index (χ2v) is 6.83. The lowest BCUT2D eigenvalue weighted by molar-refractivity contribution is -0.135. The van der Waals surface area contributed by atoms with Gasteiger partial charge in [-0.2, -0.15) is 0 Å². The zero-order valence-electron chi connectivity index (χ0n) is 11.2. The number of benzene rings is 1. The summed E-state index contributed by atoms with van der Waals surface area (Å²) < 4.78 is 0.756. The molecule has 0 aliphatic carbocycles. The summed E-state index contributed by atoms with van der Waals surface area (Å²) in [4.78, 5) is 26.6. The molecule has 1 aromatic heterocycles. The molecule has 108 valence electrons. The molecular weight excluding hydrogens is 354 g/mol. The van der Waals surface area contributed by atoms with Gasteiger partial charge < -0.3 is 10.0 Å². The van der Waals surface area contributed by atoms with Crippen LogP contribution in [0.4, 0.5) is 5.69 Å². The third kappa shape index (κ3) is 2.23. The molecule has 0 bridgehead atoms. The van der Waals surface area contributed by atoms with Gasteiger partial charge in [0, 0.05) is 17.1 Å². The van der Waals surface area contributed by atoms with Crippen LogP contribution in [-0.4, -0.2) is 23.8 Å². The van der Waals surface area contributed by atoms with Gasteiger partial charge in [0.1, 0.15) is 0 Å². The molecule has 0 saturated heterocycles. The van der Waals surface area contributed by atoms with Gasteiger partial charge in [0.2, 0.25) is 0 Å². The van der Waals surface area contributed by atoms with Gasteiger partial charge in [-0.3, -0.25) is 9.59 Å². The van der Waals surface area contributed by atoms with Gasteiger partial charge in [-0.15, -0.1) is 11.3 Å². The van der Waals surface area contributed by atoms with Gasteiger partial charge >= 0.3 is 0 Å². The minimum absolute atomic E-state index is 0.234. The highest BCUT2D eigenvalue weighted by Gasteiger charge is 2.49. The molecule has 2 heterocycles. The molecule has 1 N–H and O–H groups in total. The highest BCUT2D eigenvalue weighted by Crippen LogP contribution is 2.43. The second kappa shape index (κ2) is 5.05. The van der Waals surface area contributed by atoms with E-state index >= 15 is 0 Å². The van der Waals surface area contributed by atoms with Gasteiger partial charge in [0.05, 0.1) is 17.0 Å². The van der Waals surface area contributed by atoms with E-state index in [1.54, 1.807) is 42.8 Å². The van der Waals surface area contributed by atoms with Crippen molar-refractivity contribution in [2.24, 2.45) is 0 Å². The first-order valence-corrected chi connectivity index (χ1v) is 7.98. The fourth-order valence-electron chi connectivity index (χ4n) is 2.56. The van der Waals surface area contributed by atoms with E-state index in [4.69, 9.17) is 0 Å². The first-order valence-electron chi connectivity index (χ1n) is 6.31. The number of ketones is 1. The molecule has 2 aromatic rings. The Morgan fingerprint density at radius 2 is 2.19 bits per heavy atom. The number of amides is 1.